The molecule has 0 aromatic heterocycles. The lowest BCUT2D eigenvalue weighted by Gasteiger charge is -2.21. The van der Waals surface area contributed by atoms with Gasteiger partial charge >= 0.3 is 0 Å². The third-order valence-electron chi connectivity index (χ3n) is 5.50. The second kappa shape index (κ2) is 7.44. The molecule has 3 aromatic rings. The van der Waals surface area contributed by atoms with Crippen LogP contribution in [0.1, 0.15) is 37.5 Å². The lowest BCUT2D eigenvalue weighted by Crippen LogP contribution is -2.14. The summed E-state index contributed by atoms with van der Waals surface area (Å²) in [5.74, 6) is 0. The molecule has 0 heterocycles. The Bertz CT molecular complexity index is 1080. The number of allylic oxidation sites excluding steroid dienone is 4. The zero-order chi connectivity index (χ0) is 19.6. The van der Waals surface area contributed by atoms with Crippen molar-refractivity contribution in [2.24, 2.45) is 4.99 Å². The van der Waals surface area contributed by atoms with E-state index in [4.69, 9.17) is 4.99 Å². The maximum Gasteiger partial charge on any atom is 0.0633 e. The van der Waals surface area contributed by atoms with Gasteiger partial charge in [-0.05, 0) is 58.5 Å². The molecule has 0 saturated carbocycles. The lowest BCUT2D eigenvalue weighted by atomic mass is 9.82. The van der Waals surface area contributed by atoms with E-state index in [0.29, 0.717) is 0 Å². The first-order valence-electron chi connectivity index (χ1n) is 9.78. The van der Waals surface area contributed by atoms with Gasteiger partial charge in [0.15, 0.2) is 0 Å². The van der Waals surface area contributed by atoms with Crippen LogP contribution in [0.15, 0.2) is 96.0 Å². The topological polar surface area (TPSA) is 12.4 Å². The largest absolute Gasteiger partial charge is 0.257 e. The van der Waals surface area contributed by atoms with Crippen LogP contribution in [0, 0.1) is 0 Å². The molecule has 0 fully saturated rings. The molecule has 3 aromatic carbocycles. The minimum absolute atomic E-state index is 0.00738. The highest BCUT2D eigenvalue weighted by Gasteiger charge is 2.34. The van der Waals surface area contributed by atoms with E-state index in [1.54, 1.807) is 0 Å². The monoisotopic (exact) mass is 363 g/mol. The second-order valence-electron chi connectivity index (χ2n) is 7.67. The summed E-state index contributed by atoms with van der Waals surface area (Å²) in [5.41, 5.74) is 8.76. The molecule has 0 N–H and O–H groups in total. The van der Waals surface area contributed by atoms with Crippen LogP contribution >= 0.6 is 0 Å². The Morgan fingerprint density at radius 2 is 1.54 bits per heavy atom. The van der Waals surface area contributed by atoms with Gasteiger partial charge in [-0.2, -0.15) is 0 Å². The van der Waals surface area contributed by atoms with Gasteiger partial charge in [0.25, 0.3) is 0 Å². The summed E-state index contributed by atoms with van der Waals surface area (Å²) >= 11 is 0. The fourth-order valence-corrected chi connectivity index (χ4v) is 4.03. The normalized spacial score (nSPS) is 15.2. The van der Waals surface area contributed by atoms with Gasteiger partial charge < -0.3 is 0 Å². The molecule has 4 rings (SSSR count). The van der Waals surface area contributed by atoms with Crippen LogP contribution in [0.5, 0.6) is 0 Å². The third-order valence-corrected chi connectivity index (χ3v) is 5.50. The molecule has 0 bridgehead atoms. The molecule has 1 nitrogen and oxygen atoms in total. The van der Waals surface area contributed by atoms with Crippen molar-refractivity contribution in [1.29, 1.82) is 0 Å². The summed E-state index contributed by atoms with van der Waals surface area (Å²) in [6, 6.07) is 25.7. The average molecular weight is 364 g/mol. The van der Waals surface area contributed by atoms with Crippen molar-refractivity contribution >= 4 is 17.5 Å². The number of benzene rings is 3. The van der Waals surface area contributed by atoms with Gasteiger partial charge in [0.05, 0.1) is 5.69 Å². The first kappa shape index (κ1) is 18.2. The Morgan fingerprint density at radius 1 is 0.821 bits per heavy atom. The van der Waals surface area contributed by atoms with Crippen LogP contribution in [0.4, 0.5) is 5.69 Å². The maximum absolute atomic E-state index is 4.72. The number of nitrogens with zero attached hydrogens (tertiary/aromatic N) is 1. The van der Waals surface area contributed by atoms with Crippen molar-refractivity contribution in [2.45, 2.75) is 26.2 Å². The van der Waals surface area contributed by atoms with E-state index in [1.165, 1.54) is 27.8 Å². The molecule has 0 radical (unpaired) electrons. The smallest absolute Gasteiger partial charge is 0.0633 e. The molecule has 0 atom stereocenters. The predicted molar refractivity (Wildman–Crippen MR) is 121 cm³/mol. The maximum atomic E-state index is 4.72. The zero-order valence-corrected chi connectivity index (χ0v) is 16.7. The SMILES string of the molecule is C/C=C\C(=C/C=Nc1ccc2c(c1)C(C)(C)c1ccccc1-2)c1ccccc1. The molecule has 1 aliphatic carbocycles. The standard InChI is InChI=1S/C27H25N/c1-4-10-20(21-11-6-5-7-12-21)17-18-28-22-15-16-24-23-13-8-9-14-25(23)27(2,3)26(24)19-22/h4-19H,1-3H3/b10-4-,20-17+,28-18?. The predicted octanol–water partition coefficient (Wildman–Crippen LogP) is 7.35. The molecule has 0 aliphatic heterocycles. The average Bonchev–Trinajstić information content (AvgIpc) is 2.95. The molecule has 28 heavy (non-hydrogen) atoms. The van der Waals surface area contributed by atoms with Gasteiger partial charge in [0, 0.05) is 11.6 Å². The highest BCUT2D eigenvalue weighted by atomic mass is 14.7. The van der Waals surface area contributed by atoms with Crippen molar-refractivity contribution in [3.05, 3.63) is 108 Å². The van der Waals surface area contributed by atoms with E-state index in [9.17, 15) is 0 Å². The first-order valence-corrected chi connectivity index (χ1v) is 9.78. The Labute approximate surface area is 167 Å². The van der Waals surface area contributed by atoms with E-state index < -0.39 is 0 Å². The summed E-state index contributed by atoms with van der Waals surface area (Å²) in [5, 5.41) is 0. The molecule has 0 amide bonds. The van der Waals surface area contributed by atoms with Gasteiger partial charge in [0.2, 0.25) is 0 Å². The van der Waals surface area contributed by atoms with Crippen molar-refractivity contribution < 1.29 is 0 Å². The van der Waals surface area contributed by atoms with Crippen molar-refractivity contribution in [3.8, 4) is 11.1 Å². The quantitative estimate of drug-likeness (QED) is 0.339. The summed E-state index contributed by atoms with van der Waals surface area (Å²) in [4.78, 5) is 4.72. The van der Waals surface area contributed by atoms with Crippen molar-refractivity contribution in [3.63, 3.8) is 0 Å². The van der Waals surface area contributed by atoms with E-state index in [1.807, 2.05) is 19.2 Å². The highest BCUT2D eigenvalue weighted by molar-refractivity contribution is 5.90. The zero-order valence-electron chi connectivity index (χ0n) is 16.7. The molecule has 1 aliphatic rings. The summed E-state index contributed by atoms with van der Waals surface area (Å²) in [6.07, 6.45) is 8.15. The minimum atomic E-state index is 0.00738. The first-order chi connectivity index (χ1) is 13.6. The van der Waals surface area contributed by atoms with Crippen LogP contribution in [0.2, 0.25) is 0 Å². The minimum Gasteiger partial charge on any atom is -0.257 e. The van der Waals surface area contributed by atoms with Gasteiger partial charge in [-0.15, -0.1) is 0 Å². The summed E-state index contributed by atoms with van der Waals surface area (Å²) in [6.45, 7) is 6.63. The van der Waals surface area contributed by atoms with Gasteiger partial charge in [-0.3, -0.25) is 4.99 Å². The summed E-state index contributed by atoms with van der Waals surface area (Å²) < 4.78 is 0. The Hall–Kier alpha value is -3.19. The van der Waals surface area contributed by atoms with Crippen LogP contribution in [-0.4, -0.2) is 6.21 Å². The Kier molecular flexibility index (Phi) is 4.83. The van der Waals surface area contributed by atoms with Crippen LogP contribution in [0.25, 0.3) is 16.7 Å². The van der Waals surface area contributed by atoms with Crippen LogP contribution in [0.3, 0.4) is 0 Å². The van der Waals surface area contributed by atoms with Gasteiger partial charge in [0.1, 0.15) is 0 Å². The molecule has 0 saturated heterocycles. The van der Waals surface area contributed by atoms with Gasteiger partial charge in [-0.25, -0.2) is 0 Å². The molecular weight excluding hydrogens is 338 g/mol. The molecule has 138 valence electrons. The van der Waals surface area contributed by atoms with E-state index in [0.717, 1.165) is 11.3 Å². The fraction of sp³-hybridized carbons (Fsp3) is 0.148. The Balaban J connectivity index is 1.66. The fourth-order valence-electron chi connectivity index (χ4n) is 4.03. The third kappa shape index (κ3) is 3.25. The molecule has 0 spiro atoms. The number of hydrogen-bond acceptors (Lipinski definition) is 1. The lowest BCUT2D eigenvalue weighted by molar-refractivity contribution is 0.660. The number of rotatable bonds is 4. The van der Waals surface area contributed by atoms with E-state index >= 15 is 0 Å². The second-order valence-corrected chi connectivity index (χ2v) is 7.67. The summed E-state index contributed by atoms with van der Waals surface area (Å²) in [7, 11) is 0. The molecule has 0 unspecified atom stereocenters. The number of aliphatic imine (C=N–C) groups is 1. The van der Waals surface area contributed by atoms with Crippen LogP contribution in [-0.2, 0) is 5.41 Å². The van der Waals surface area contributed by atoms with E-state index in [-0.39, 0.29) is 5.41 Å². The van der Waals surface area contributed by atoms with Crippen LogP contribution < -0.4 is 0 Å². The number of fused-ring (bicyclic) bond motifs is 3. The highest BCUT2D eigenvalue weighted by Crippen LogP contribution is 2.49. The number of hydrogen-bond donors (Lipinski definition) is 0. The van der Waals surface area contributed by atoms with Crippen molar-refractivity contribution in [1.82, 2.24) is 0 Å². The molecule has 1 heteroatoms. The van der Waals surface area contributed by atoms with E-state index in [2.05, 4.69) is 98.8 Å². The van der Waals surface area contributed by atoms with Crippen molar-refractivity contribution in [2.75, 3.05) is 0 Å². The van der Waals surface area contributed by atoms with Gasteiger partial charge in [-0.1, -0.05) is 86.7 Å². The Morgan fingerprint density at radius 3 is 2.32 bits per heavy atom. The molecular formula is C27H25N.